The molecule has 0 aliphatic carbocycles. The van der Waals surface area contributed by atoms with E-state index in [1.807, 2.05) is 24.3 Å². The van der Waals surface area contributed by atoms with Gasteiger partial charge in [-0.1, -0.05) is 34.1 Å². The predicted octanol–water partition coefficient (Wildman–Crippen LogP) is 3.51. The summed E-state index contributed by atoms with van der Waals surface area (Å²) in [5.74, 6) is -1.03. The fraction of sp³-hybridized carbons (Fsp3) is 0.125. The number of nitrogens with one attached hydrogen (secondary N) is 2. The molecule has 2 amide bonds. The number of hydrogen-bond donors (Lipinski definition) is 3. The third-order valence-electron chi connectivity index (χ3n) is 2.98. The molecule has 0 atom stereocenters. The first kappa shape index (κ1) is 16.0. The zero-order valence-electron chi connectivity index (χ0n) is 11.7. The van der Waals surface area contributed by atoms with Crippen molar-refractivity contribution in [3.05, 3.63) is 64.1 Å². The molecular formula is C16H15BrN2O3. The topological polar surface area (TPSA) is 78.4 Å². The van der Waals surface area contributed by atoms with E-state index in [2.05, 4.69) is 26.6 Å². The van der Waals surface area contributed by atoms with Crippen LogP contribution in [0, 0.1) is 0 Å². The standard InChI is InChI=1S/C16H15BrN2O3/c17-13-6-4-11(5-7-13)8-9-18-16(22)19-14-3-1-2-12(10-14)15(20)21/h1-7,10H,8-9H2,(H,20,21)(H2,18,19,22). The SMILES string of the molecule is O=C(NCCc1ccc(Br)cc1)Nc1cccc(C(=O)O)c1. The lowest BCUT2D eigenvalue weighted by molar-refractivity contribution is 0.0697. The van der Waals surface area contributed by atoms with Gasteiger partial charge in [0.1, 0.15) is 0 Å². The molecule has 0 bridgehead atoms. The van der Waals surface area contributed by atoms with E-state index in [9.17, 15) is 9.59 Å². The molecule has 0 aliphatic rings. The van der Waals surface area contributed by atoms with Gasteiger partial charge in [0.05, 0.1) is 5.56 Å². The van der Waals surface area contributed by atoms with Crippen LogP contribution in [0.2, 0.25) is 0 Å². The van der Waals surface area contributed by atoms with E-state index < -0.39 is 5.97 Å². The van der Waals surface area contributed by atoms with E-state index in [-0.39, 0.29) is 11.6 Å². The molecule has 0 unspecified atom stereocenters. The lowest BCUT2D eigenvalue weighted by atomic mass is 10.1. The number of anilines is 1. The molecule has 3 N–H and O–H groups in total. The summed E-state index contributed by atoms with van der Waals surface area (Å²) in [6.07, 6.45) is 0.718. The maximum Gasteiger partial charge on any atom is 0.335 e. The number of carboxylic acids is 1. The van der Waals surface area contributed by atoms with Crippen LogP contribution in [0.3, 0.4) is 0 Å². The van der Waals surface area contributed by atoms with E-state index in [1.54, 1.807) is 12.1 Å². The summed E-state index contributed by atoms with van der Waals surface area (Å²) in [6.45, 7) is 0.492. The predicted molar refractivity (Wildman–Crippen MR) is 88.3 cm³/mol. The normalized spacial score (nSPS) is 10.0. The third kappa shape index (κ3) is 4.89. The van der Waals surface area contributed by atoms with Gasteiger partial charge >= 0.3 is 12.0 Å². The van der Waals surface area contributed by atoms with Crippen LogP contribution >= 0.6 is 15.9 Å². The fourth-order valence-corrected chi connectivity index (χ4v) is 2.14. The summed E-state index contributed by atoms with van der Waals surface area (Å²) in [7, 11) is 0. The van der Waals surface area contributed by atoms with E-state index in [0.29, 0.717) is 12.2 Å². The second-order valence-electron chi connectivity index (χ2n) is 4.64. The largest absolute Gasteiger partial charge is 0.478 e. The molecule has 0 spiro atoms. The minimum absolute atomic E-state index is 0.132. The van der Waals surface area contributed by atoms with Gasteiger partial charge in [0, 0.05) is 16.7 Å². The molecule has 0 heterocycles. The Labute approximate surface area is 136 Å². The first-order valence-corrected chi connectivity index (χ1v) is 7.46. The van der Waals surface area contributed by atoms with Gasteiger partial charge in [-0.15, -0.1) is 0 Å². The number of carbonyl (C=O) groups excluding carboxylic acids is 1. The summed E-state index contributed by atoms with van der Waals surface area (Å²) in [6, 6.07) is 13.6. The summed E-state index contributed by atoms with van der Waals surface area (Å²) >= 11 is 3.37. The first-order valence-electron chi connectivity index (χ1n) is 6.67. The minimum atomic E-state index is -1.03. The molecule has 0 saturated carbocycles. The Hall–Kier alpha value is -2.34. The second-order valence-corrected chi connectivity index (χ2v) is 5.56. The molecule has 2 rings (SSSR count). The first-order chi connectivity index (χ1) is 10.5. The number of urea groups is 1. The van der Waals surface area contributed by atoms with Gasteiger partial charge < -0.3 is 15.7 Å². The maximum atomic E-state index is 11.8. The lowest BCUT2D eigenvalue weighted by Crippen LogP contribution is -2.30. The van der Waals surface area contributed by atoms with Gasteiger partial charge in [-0.25, -0.2) is 9.59 Å². The smallest absolute Gasteiger partial charge is 0.335 e. The number of carboxylic acid groups (broad SMARTS) is 1. The van der Waals surface area contributed by atoms with Crippen LogP contribution in [0.1, 0.15) is 15.9 Å². The van der Waals surface area contributed by atoms with Crippen LogP contribution in [0.5, 0.6) is 0 Å². The monoisotopic (exact) mass is 362 g/mol. The van der Waals surface area contributed by atoms with Crippen molar-refractivity contribution in [2.75, 3.05) is 11.9 Å². The highest BCUT2D eigenvalue weighted by atomic mass is 79.9. The molecule has 2 aromatic carbocycles. The van der Waals surface area contributed by atoms with Crippen LogP contribution < -0.4 is 10.6 Å². The number of rotatable bonds is 5. The highest BCUT2D eigenvalue weighted by Gasteiger charge is 2.05. The van der Waals surface area contributed by atoms with Crippen molar-refractivity contribution in [3.8, 4) is 0 Å². The van der Waals surface area contributed by atoms with Crippen molar-refractivity contribution < 1.29 is 14.7 Å². The Balaban J connectivity index is 1.81. The second kappa shape index (κ2) is 7.61. The molecule has 0 aliphatic heterocycles. The maximum absolute atomic E-state index is 11.8. The van der Waals surface area contributed by atoms with Gasteiger partial charge in [0.2, 0.25) is 0 Å². The summed E-state index contributed by atoms with van der Waals surface area (Å²) in [5, 5.41) is 14.2. The van der Waals surface area contributed by atoms with Gasteiger partial charge in [-0.05, 0) is 42.3 Å². The van der Waals surface area contributed by atoms with E-state index >= 15 is 0 Å². The molecule has 6 heteroatoms. The van der Waals surface area contributed by atoms with Crippen LogP contribution in [0.25, 0.3) is 0 Å². The molecule has 0 saturated heterocycles. The number of halogens is 1. The molecule has 5 nitrogen and oxygen atoms in total. The number of aromatic carboxylic acids is 1. The number of carbonyl (C=O) groups is 2. The van der Waals surface area contributed by atoms with Crippen LogP contribution in [0.4, 0.5) is 10.5 Å². The van der Waals surface area contributed by atoms with Crippen LogP contribution in [0.15, 0.2) is 53.0 Å². The quantitative estimate of drug-likeness (QED) is 0.761. The zero-order valence-corrected chi connectivity index (χ0v) is 13.3. The molecule has 22 heavy (non-hydrogen) atoms. The van der Waals surface area contributed by atoms with E-state index in [1.165, 1.54) is 12.1 Å². The van der Waals surface area contributed by atoms with Gasteiger partial charge in [0.25, 0.3) is 0 Å². The van der Waals surface area contributed by atoms with Gasteiger partial charge in [-0.3, -0.25) is 0 Å². The molecular weight excluding hydrogens is 348 g/mol. The van der Waals surface area contributed by atoms with E-state index in [0.717, 1.165) is 16.5 Å². The molecule has 0 fully saturated rings. The Morgan fingerprint density at radius 1 is 1.09 bits per heavy atom. The Morgan fingerprint density at radius 2 is 1.82 bits per heavy atom. The summed E-state index contributed by atoms with van der Waals surface area (Å²) < 4.78 is 1.01. The van der Waals surface area contributed by atoms with Gasteiger partial charge in [-0.2, -0.15) is 0 Å². The molecule has 0 aromatic heterocycles. The Morgan fingerprint density at radius 3 is 2.50 bits per heavy atom. The highest BCUT2D eigenvalue weighted by molar-refractivity contribution is 9.10. The summed E-state index contributed by atoms with van der Waals surface area (Å²) in [4.78, 5) is 22.6. The lowest BCUT2D eigenvalue weighted by Gasteiger charge is -2.08. The van der Waals surface area contributed by atoms with Crippen molar-refractivity contribution in [2.24, 2.45) is 0 Å². The number of hydrogen-bond acceptors (Lipinski definition) is 2. The van der Waals surface area contributed by atoms with Crippen molar-refractivity contribution in [1.29, 1.82) is 0 Å². The van der Waals surface area contributed by atoms with Crippen LogP contribution in [-0.4, -0.2) is 23.7 Å². The van der Waals surface area contributed by atoms with Gasteiger partial charge in [0.15, 0.2) is 0 Å². The van der Waals surface area contributed by atoms with Crippen molar-refractivity contribution >= 4 is 33.6 Å². The zero-order chi connectivity index (χ0) is 15.9. The average molecular weight is 363 g/mol. The van der Waals surface area contributed by atoms with Crippen molar-refractivity contribution in [3.63, 3.8) is 0 Å². The summed E-state index contributed by atoms with van der Waals surface area (Å²) in [5.41, 5.74) is 1.70. The van der Waals surface area contributed by atoms with Crippen LogP contribution in [-0.2, 0) is 6.42 Å². The molecule has 0 radical (unpaired) electrons. The Kier molecular flexibility index (Phi) is 5.55. The van der Waals surface area contributed by atoms with Crippen molar-refractivity contribution in [2.45, 2.75) is 6.42 Å². The Bertz CT molecular complexity index is 671. The number of benzene rings is 2. The van der Waals surface area contributed by atoms with E-state index in [4.69, 9.17) is 5.11 Å². The average Bonchev–Trinajstić information content (AvgIpc) is 2.49. The minimum Gasteiger partial charge on any atom is -0.478 e. The molecule has 114 valence electrons. The third-order valence-corrected chi connectivity index (χ3v) is 3.51. The van der Waals surface area contributed by atoms with Crippen molar-refractivity contribution in [1.82, 2.24) is 5.32 Å². The molecule has 2 aromatic rings. The number of amides is 2. The highest BCUT2D eigenvalue weighted by Crippen LogP contribution is 2.11. The fourth-order valence-electron chi connectivity index (χ4n) is 1.88.